The highest BCUT2D eigenvalue weighted by Gasteiger charge is 2.28. The predicted octanol–water partition coefficient (Wildman–Crippen LogP) is 7.49. The molecule has 5 aromatic rings. The third-order valence-corrected chi connectivity index (χ3v) is 10.0. The van der Waals surface area contributed by atoms with Crippen molar-refractivity contribution in [1.29, 1.82) is 0 Å². The number of H-pyrrole nitrogens is 1. The van der Waals surface area contributed by atoms with Gasteiger partial charge in [0.2, 0.25) is 0 Å². The number of anilines is 1. The van der Waals surface area contributed by atoms with Crippen molar-refractivity contribution in [2.75, 3.05) is 44.2 Å². The zero-order valence-corrected chi connectivity index (χ0v) is 31.4. The molecule has 12 nitrogen and oxygen atoms in total. The van der Waals surface area contributed by atoms with E-state index in [-0.39, 0.29) is 18.2 Å². The number of imidazole rings is 1. The van der Waals surface area contributed by atoms with Crippen LogP contribution in [0.4, 0.5) is 19.3 Å². The molecule has 284 valence electrons. The van der Waals surface area contributed by atoms with Crippen LogP contribution in [0.2, 0.25) is 0 Å². The Bertz CT molecular complexity index is 2160. The number of benzene rings is 2. The van der Waals surface area contributed by atoms with Gasteiger partial charge in [0.25, 0.3) is 5.91 Å². The first-order valence-electron chi connectivity index (χ1n) is 18.5. The van der Waals surface area contributed by atoms with Gasteiger partial charge in [-0.25, -0.2) is 23.2 Å². The van der Waals surface area contributed by atoms with E-state index in [2.05, 4.69) is 21.0 Å². The Morgan fingerprint density at radius 2 is 1.83 bits per heavy atom. The van der Waals surface area contributed by atoms with Crippen LogP contribution >= 0.6 is 0 Å². The van der Waals surface area contributed by atoms with E-state index in [9.17, 15) is 18.4 Å². The van der Waals surface area contributed by atoms with Gasteiger partial charge in [0.1, 0.15) is 28.6 Å². The Kier molecular flexibility index (Phi) is 10.4. The molecule has 0 aliphatic carbocycles. The largest absolute Gasteiger partial charge is 0.444 e. The highest BCUT2D eigenvalue weighted by molar-refractivity contribution is 5.97. The van der Waals surface area contributed by atoms with Crippen molar-refractivity contribution in [2.24, 2.45) is 0 Å². The number of hydrogen-bond acceptors (Lipinski definition) is 8. The maximum Gasteiger partial charge on any atom is 0.410 e. The number of aromatic amines is 1. The molecule has 1 atom stereocenters. The van der Waals surface area contributed by atoms with Gasteiger partial charge in [0, 0.05) is 68.7 Å². The first-order chi connectivity index (χ1) is 25.9. The van der Waals surface area contributed by atoms with Crippen LogP contribution in [0.3, 0.4) is 0 Å². The third kappa shape index (κ3) is 7.65. The van der Waals surface area contributed by atoms with Crippen LogP contribution in [0.1, 0.15) is 74.8 Å². The maximum absolute atomic E-state index is 14.4. The van der Waals surface area contributed by atoms with Crippen molar-refractivity contribution in [2.45, 2.75) is 72.3 Å². The third-order valence-electron chi connectivity index (χ3n) is 10.0. The molecule has 2 saturated heterocycles. The molecule has 5 heterocycles. The number of rotatable bonds is 8. The van der Waals surface area contributed by atoms with Crippen LogP contribution in [-0.2, 0) is 16.0 Å². The summed E-state index contributed by atoms with van der Waals surface area (Å²) in [4.78, 5) is 44.2. The minimum Gasteiger partial charge on any atom is -0.444 e. The number of amides is 2. The average Bonchev–Trinajstić information content (AvgIpc) is 3.79. The second kappa shape index (κ2) is 15.2. The predicted molar refractivity (Wildman–Crippen MR) is 201 cm³/mol. The number of nitrogens with one attached hydrogen (secondary N) is 1. The zero-order valence-electron chi connectivity index (χ0n) is 31.4. The minimum atomic E-state index is -0.628. The number of ether oxygens (including phenoxy) is 2. The highest BCUT2D eigenvalue weighted by atomic mass is 19.1. The summed E-state index contributed by atoms with van der Waals surface area (Å²) in [5, 5.41) is 5.86. The number of nitrogens with zero attached hydrogens (tertiary/aromatic N) is 7. The van der Waals surface area contributed by atoms with Crippen LogP contribution in [0.25, 0.3) is 33.5 Å². The number of piperazine rings is 1. The van der Waals surface area contributed by atoms with Gasteiger partial charge in [-0.2, -0.15) is 5.10 Å². The van der Waals surface area contributed by atoms with E-state index in [1.807, 2.05) is 62.5 Å². The van der Waals surface area contributed by atoms with Crippen molar-refractivity contribution < 1.29 is 27.8 Å². The summed E-state index contributed by atoms with van der Waals surface area (Å²) < 4.78 is 41.6. The Hall–Kier alpha value is -5.37. The summed E-state index contributed by atoms with van der Waals surface area (Å²) in [5.41, 5.74) is 5.21. The molecule has 7 rings (SSSR count). The lowest BCUT2D eigenvalue weighted by Gasteiger charge is -2.36. The molecule has 2 aliphatic rings. The second-order valence-corrected chi connectivity index (χ2v) is 14.8. The first kappa shape index (κ1) is 37.0. The van der Waals surface area contributed by atoms with E-state index in [4.69, 9.17) is 14.6 Å². The molecule has 1 N–H and O–H groups in total. The Balaban J connectivity index is 1.17. The molecule has 1 unspecified atom stereocenters. The topological polar surface area (TPSA) is 122 Å². The number of pyridine rings is 1. The van der Waals surface area contributed by atoms with E-state index >= 15 is 0 Å². The Morgan fingerprint density at radius 3 is 2.54 bits per heavy atom. The first-order valence-corrected chi connectivity index (χ1v) is 18.5. The molecule has 0 saturated carbocycles. The molecule has 0 spiro atoms. The fourth-order valence-electron chi connectivity index (χ4n) is 7.08. The normalized spacial score (nSPS) is 16.5. The summed E-state index contributed by atoms with van der Waals surface area (Å²) in [6.45, 7) is 12.5. The van der Waals surface area contributed by atoms with Crippen LogP contribution in [-0.4, -0.2) is 91.5 Å². The number of halogens is 2. The fraction of sp³-hybridized carbons (Fsp3) is 0.425. The lowest BCUT2D eigenvalue weighted by molar-refractivity contribution is -0.0365. The summed E-state index contributed by atoms with van der Waals surface area (Å²) >= 11 is 0. The van der Waals surface area contributed by atoms with Gasteiger partial charge in [-0.15, -0.1) is 0 Å². The molecular weight excluding hydrogens is 694 g/mol. The second-order valence-electron chi connectivity index (χ2n) is 14.8. The molecule has 2 aliphatic heterocycles. The SMILES string of the molecule is CCN(Cc1cncc(-c2ccc3c(c2)c(-c2ncc(C(=O)N4CCN(c5ccc(F)cc5F)CC4)[nH]2)nn3C2CCCCO2)c1C)C(=O)OC(C)(C)C. The molecule has 3 aromatic heterocycles. The van der Waals surface area contributed by atoms with Crippen molar-refractivity contribution in [1.82, 2.24) is 34.5 Å². The van der Waals surface area contributed by atoms with Crippen LogP contribution in [0.15, 0.2) is 55.0 Å². The highest BCUT2D eigenvalue weighted by Crippen LogP contribution is 2.36. The van der Waals surface area contributed by atoms with Gasteiger partial charge in [-0.05, 0) is 94.8 Å². The molecule has 54 heavy (non-hydrogen) atoms. The van der Waals surface area contributed by atoms with Crippen LogP contribution in [0.5, 0.6) is 0 Å². The maximum atomic E-state index is 14.4. The van der Waals surface area contributed by atoms with E-state index in [0.717, 1.165) is 58.5 Å². The quantitative estimate of drug-likeness (QED) is 0.174. The zero-order chi connectivity index (χ0) is 38.1. The summed E-state index contributed by atoms with van der Waals surface area (Å²) in [5.74, 6) is -1.03. The number of fused-ring (bicyclic) bond motifs is 1. The molecule has 0 radical (unpaired) electrons. The van der Waals surface area contributed by atoms with Gasteiger partial charge in [0.05, 0.1) is 23.9 Å². The Morgan fingerprint density at radius 1 is 1.04 bits per heavy atom. The van der Waals surface area contributed by atoms with Crippen LogP contribution < -0.4 is 4.90 Å². The van der Waals surface area contributed by atoms with Gasteiger partial charge in [0.15, 0.2) is 12.1 Å². The minimum absolute atomic E-state index is 0.223. The van der Waals surface area contributed by atoms with Crippen molar-refractivity contribution in [3.05, 3.63) is 83.4 Å². The van der Waals surface area contributed by atoms with Crippen LogP contribution in [0, 0.1) is 18.6 Å². The van der Waals surface area contributed by atoms with E-state index in [0.29, 0.717) is 68.8 Å². The lowest BCUT2D eigenvalue weighted by Crippen LogP contribution is -2.49. The van der Waals surface area contributed by atoms with E-state index in [1.54, 1.807) is 16.0 Å². The number of carbonyl (C=O) groups excluding carboxylic acids is 2. The summed E-state index contributed by atoms with van der Waals surface area (Å²) in [6, 6.07) is 9.67. The van der Waals surface area contributed by atoms with E-state index in [1.165, 1.54) is 18.3 Å². The Labute approximate surface area is 313 Å². The molecular formula is C40H46F2N8O4. The smallest absolute Gasteiger partial charge is 0.410 e. The van der Waals surface area contributed by atoms with Crippen molar-refractivity contribution in [3.8, 4) is 22.6 Å². The van der Waals surface area contributed by atoms with Gasteiger partial charge in [-0.3, -0.25) is 9.78 Å². The average molecular weight is 741 g/mol. The number of carbonyl (C=O) groups is 2. The van der Waals surface area contributed by atoms with Crippen molar-refractivity contribution in [3.63, 3.8) is 0 Å². The summed E-state index contributed by atoms with van der Waals surface area (Å²) in [7, 11) is 0. The standard InChI is InChI=1S/C40H46F2N8O4/c1-6-47(39(52)54-40(3,4)5)24-27-21-43-22-30(25(27)2)26-10-12-33-29(19-26)36(46-50(33)35-9-7-8-18-53-35)37-44-23-32(45-37)38(51)49-16-14-48(15-17-49)34-13-11-28(41)20-31(34)42/h10-13,19-23,35H,6-9,14-18,24H2,1-5H3,(H,44,45). The number of aromatic nitrogens is 5. The number of hydrogen-bond donors (Lipinski definition) is 1. The van der Waals surface area contributed by atoms with Gasteiger partial charge >= 0.3 is 6.09 Å². The summed E-state index contributed by atoms with van der Waals surface area (Å²) in [6.07, 6.45) is 7.37. The fourth-order valence-corrected chi connectivity index (χ4v) is 7.08. The molecule has 2 amide bonds. The molecule has 2 aromatic carbocycles. The lowest BCUT2D eigenvalue weighted by atomic mass is 9.97. The van der Waals surface area contributed by atoms with Crippen molar-refractivity contribution >= 4 is 28.6 Å². The molecule has 0 bridgehead atoms. The van der Waals surface area contributed by atoms with Gasteiger partial charge in [-0.1, -0.05) is 6.07 Å². The van der Waals surface area contributed by atoms with Gasteiger partial charge < -0.3 is 29.2 Å². The van der Waals surface area contributed by atoms with E-state index < -0.39 is 17.2 Å². The molecule has 2 fully saturated rings. The molecule has 14 heteroatoms. The monoisotopic (exact) mass is 740 g/mol.